The van der Waals surface area contributed by atoms with Crippen LogP contribution in [0.2, 0.25) is 0 Å². The Labute approximate surface area is 190 Å². The van der Waals surface area contributed by atoms with E-state index >= 15 is 0 Å². The van der Waals surface area contributed by atoms with E-state index in [1.54, 1.807) is 7.11 Å². The van der Waals surface area contributed by atoms with Gasteiger partial charge in [0.2, 0.25) is 5.91 Å². The Balaban J connectivity index is 1.54. The smallest absolute Gasteiger partial charge is 0.227 e. The van der Waals surface area contributed by atoms with Crippen LogP contribution in [0.15, 0.2) is 91.0 Å². The van der Waals surface area contributed by atoms with Crippen LogP contribution < -0.4 is 4.74 Å². The van der Waals surface area contributed by atoms with Crippen LogP contribution in [0, 0.1) is 17.8 Å². The second-order valence-electron chi connectivity index (χ2n) is 8.99. The molecule has 1 saturated heterocycles. The van der Waals surface area contributed by atoms with Crippen molar-refractivity contribution in [3.05, 3.63) is 102 Å². The Morgan fingerprint density at radius 2 is 1.72 bits per heavy atom. The molecule has 0 spiro atoms. The molecule has 1 fully saturated rings. The maximum Gasteiger partial charge on any atom is 0.227 e. The highest BCUT2D eigenvalue weighted by atomic mass is 16.5. The van der Waals surface area contributed by atoms with Crippen molar-refractivity contribution >= 4 is 5.91 Å². The molecule has 4 atom stereocenters. The summed E-state index contributed by atoms with van der Waals surface area (Å²) < 4.78 is 5.31. The molecule has 0 aromatic heterocycles. The van der Waals surface area contributed by atoms with Crippen molar-refractivity contribution < 1.29 is 9.53 Å². The normalized spacial score (nSPS) is 24.4. The van der Waals surface area contributed by atoms with Crippen molar-refractivity contribution in [2.45, 2.75) is 25.9 Å². The molecule has 3 aromatic rings. The summed E-state index contributed by atoms with van der Waals surface area (Å²) in [6.45, 7) is 2.86. The molecular formula is C29H29NO2. The Morgan fingerprint density at radius 3 is 2.47 bits per heavy atom. The second kappa shape index (κ2) is 8.66. The molecule has 0 unspecified atom stereocenters. The molecule has 1 aliphatic carbocycles. The number of carbonyl (C=O) groups excluding carboxylic acids is 1. The van der Waals surface area contributed by atoms with Crippen LogP contribution in [0.25, 0.3) is 11.1 Å². The number of rotatable bonds is 5. The van der Waals surface area contributed by atoms with Gasteiger partial charge in [-0.25, -0.2) is 0 Å². The van der Waals surface area contributed by atoms with E-state index in [4.69, 9.17) is 4.74 Å². The SMILES string of the molecule is COc1ccc(-c2cccc([C@H]3[C@@H]4C=CC[C@H](C)[C@H]4C(=O)N3Cc3ccccc3)c2)cc1. The number of benzene rings is 3. The number of fused-ring (bicyclic) bond motifs is 1. The maximum atomic E-state index is 13.6. The molecule has 2 aliphatic rings. The molecule has 162 valence electrons. The van der Waals surface area contributed by atoms with Gasteiger partial charge in [0.15, 0.2) is 0 Å². The molecule has 0 bridgehead atoms. The van der Waals surface area contributed by atoms with Crippen LogP contribution in [-0.2, 0) is 11.3 Å². The lowest BCUT2D eigenvalue weighted by molar-refractivity contribution is -0.134. The zero-order valence-corrected chi connectivity index (χ0v) is 18.6. The Kier molecular flexibility index (Phi) is 5.57. The molecule has 1 heterocycles. The van der Waals surface area contributed by atoms with Crippen molar-refractivity contribution in [2.75, 3.05) is 7.11 Å². The number of amides is 1. The molecule has 3 heteroatoms. The summed E-state index contributed by atoms with van der Waals surface area (Å²) in [4.78, 5) is 15.8. The van der Waals surface area contributed by atoms with Crippen LogP contribution in [0.3, 0.4) is 0 Å². The molecule has 32 heavy (non-hydrogen) atoms. The lowest BCUT2D eigenvalue weighted by Gasteiger charge is -2.30. The third-order valence-corrected chi connectivity index (χ3v) is 7.01. The Morgan fingerprint density at radius 1 is 0.938 bits per heavy atom. The van der Waals surface area contributed by atoms with Crippen LogP contribution >= 0.6 is 0 Å². The number of carbonyl (C=O) groups is 1. The molecular weight excluding hydrogens is 394 g/mol. The molecule has 5 rings (SSSR count). The summed E-state index contributed by atoms with van der Waals surface area (Å²) >= 11 is 0. The number of methoxy groups -OCH3 is 1. The van der Waals surface area contributed by atoms with Crippen LogP contribution in [0.5, 0.6) is 5.75 Å². The highest BCUT2D eigenvalue weighted by Crippen LogP contribution is 2.49. The minimum absolute atomic E-state index is 0.0462. The van der Waals surface area contributed by atoms with Gasteiger partial charge < -0.3 is 9.64 Å². The minimum atomic E-state index is 0.0462. The minimum Gasteiger partial charge on any atom is -0.497 e. The molecule has 3 nitrogen and oxygen atoms in total. The lowest BCUT2D eigenvalue weighted by Crippen LogP contribution is -2.30. The van der Waals surface area contributed by atoms with Crippen molar-refractivity contribution in [3.63, 3.8) is 0 Å². The van der Waals surface area contributed by atoms with Crippen molar-refractivity contribution in [1.82, 2.24) is 4.90 Å². The number of nitrogens with zero attached hydrogens (tertiary/aromatic N) is 1. The van der Waals surface area contributed by atoms with Gasteiger partial charge in [-0.2, -0.15) is 0 Å². The zero-order valence-electron chi connectivity index (χ0n) is 18.6. The highest BCUT2D eigenvalue weighted by Gasteiger charge is 2.50. The standard InChI is InChI=1S/C29H29NO2/c1-20-8-6-13-26-27(20)29(31)30(19-21-9-4-3-5-10-21)28(26)24-12-7-11-23(18-24)22-14-16-25(32-2)17-15-22/h3-7,9-18,20,26-28H,8,19H2,1-2H3/t20-,26+,27+,28-/m0/s1. The van der Waals surface area contributed by atoms with Crippen LogP contribution in [0.4, 0.5) is 0 Å². The zero-order chi connectivity index (χ0) is 22.1. The molecule has 0 N–H and O–H groups in total. The third-order valence-electron chi connectivity index (χ3n) is 7.01. The van der Waals surface area contributed by atoms with E-state index in [1.165, 1.54) is 11.1 Å². The molecule has 1 amide bonds. The number of hydrogen-bond acceptors (Lipinski definition) is 2. The van der Waals surface area contributed by atoms with Gasteiger partial charge in [-0.1, -0.05) is 79.7 Å². The fourth-order valence-electron chi connectivity index (χ4n) is 5.39. The second-order valence-corrected chi connectivity index (χ2v) is 8.99. The first kappa shape index (κ1) is 20.6. The highest BCUT2D eigenvalue weighted by molar-refractivity contribution is 5.83. The van der Waals surface area contributed by atoms with E-state index in [1.807, 2.05) is 30.3 Å². The van der Waals surface area contributed by atoms with E-state index in [0.29, 0.717) is 12.5 Å². The number of likely N-dealkylation sites (tertiary alicyclic amines) is 1. The third kappa shape index (κ3) is 3.73. The number of allylic oxidation sites excluding steroid dienone is 1. The predicted octanol–water partition coefficient (Wildman–Crippen LogP) is 6.27. The predicted molar refractivity (Wildman–Crippen MR) is 128 cm³/mol. The lowest BCUT2D eigenvalue weighted by atomic mass is 9.75. The summed E-state index contributed by atoms with van der Waals surface area (Å²) in [5, 5.41) is 0. The van der Waals surface area contributed by atoms with Crippen molar-refractivity contribution in [3.8, 4) is 16.9 Å². The van der Waals surface area contributed by atoms with Gasteiger partial charge in [0.05, 0.1) is 13.2 Å². The Hall–Kier alpha value is -3.33. The molecule has 3 aromatic carbocycles. The van der Waals surface area contributed by atoms with E-state index in [-0.39, 0.29) is 23.8 Å². The fraction of sp³-hybridized carbons (Fsp3) is 0.276. The summed E-state index contributed by atoms with van der Waals surface area (Å²) in [6, 6.07) is 27.2. The van der Waals surface area contributed by atoms with Gasteiger partial charge in [-0.3, -0.25) is 4.79 Å². The van der Waals surface area contributed by atoms with Gasteiger partial charge in [0.25, 0.3) is 0 Å². The quantitative estimate of drug-likeness (QED) is 0.452. The first-order valence-corrected chi connectivity index (χ1v) is 11.4. The Bertz CT molecular complexity index is 1120. The van der Waals surface area contributed by atoms with Gasteiger partial charge in [0, 0.05) is 18.4 Å². The summed E-state index contributed by atoms with van der Waals surface area (Å²) in [5.74, 6) is 1.77. The molecule has 0 saturated carbocycles. The monoisotopic (exact) mass is 423 g/mol. The first-order chi connectivity index (χ1) is 15.7. The maximum absolute atomic E-state index is 13.6. The average Bonchev–Trinajstić information content (AvgIpc) is 3.12. The molecule has 1 aliphatic heterocycles. The summed E-state index contributed by atoms with van der Waals surface area (Å²) in [5.41, 5.74) is 4.69. The van der Waals surface area contributed by atoms with Gasteiger partial charge >= 0.3 is 0 Å². The van der Waals surface area contributed by atoms with Gasteiger partial charge in [-0.15, -0.1) is 0 Å². The van der Waals surface area contributed by atoms with Gasteiger partial charge in [-0.05, 0) is 52.8 Å². The number of ether oxygens (including phenoxy) is 1. The summed E-state index contributed by atoms with van der Waals surface area (Å²) in [6.07, 6.45) is 5.54. The van der Waals surface area contributed by atoms with E-state index in [2.05, 4.69) is 72.5 Å². The topological polar surface area (TPSA) is 29.5 Å². The van der Waals surface area contributed by atoms with Crippen molar-refractivity contribution in [2.24, 2.45) is 17.8 Å². The van der Waals surface area contributed by atoms with E-state index in [9.17, 15) is 4.79 Å². The fourth-order valence-corrected chi connectivity index (χ4v) is 5.39. The molecule has 0 radical (unpaired) electrons. The van der Waals surface area contributed by atoms with E-state index in [0.717, 1.165) is 23.3 Å². The van der Waals surface area contributed by atoms with Crippen molar-refractivity contribution in [1.29, 1.82) is 0 Å². The largest absolute Gasteiger partial charge is 0.497 e. The van der Waals surface area contributed by atoms with Gasteiger partial charge in [0.1, 0.15) is 5.75 Å². The first-order valence-electron chi connectivity index (χ1n) is 11.4. The van der Waals surface area contributed by atoms with Crippen LogP contribution in [-0.4, -0.2) is 17.9 Å². The average molecular weight is 424 g/mol. The number of hydrogen-bond donors (Lipinski definition) is 0. The van der Waals surface area contributed by atoms with E-state index < -0.39 is 0 Å². The van der Waals surface area contributed by atoms with Crippen LogP contribution in [0.1, 0.15) is 30.5 Å². The summed E-state index contributed by atoms with van der Waals surface area (Å²) in [7, 11) is 1.68.